The van der Waals surface area contributed by atoms with Gasteiger partial charge in [0.25, 0.3) is 5.91 Å². The second-order valence-electron chi connectivity index (χ2n) is 6.02. The lowest BCUT2D eigenvalue weighted by atomic mass is 10.0. The first kappa shape index (κ1) is 16.4. The normalized spacial score (nSPS) is 17.0. The van der Waals surface area contributed by atoms with Crippen LogP contribution in [0.1, 0.15) is 24.8 Å². The zero-order valence-corrected chi connectivity index (χ0v) is 13.5. The molecule has 2 heterocycles. The average molecular weight is 328 g/mol. The van der Waals surface area contributed by atoms with E-state index in [1.807, 2.05) is 17.0 Å². The van der Waals surface area contributed by atoms with Crippen molar-refractivity contribution in [3.05, 3.63) is 60.2 Å². The number of hydrogen-bond donors (Lipinski definition) is 0. The average Bonchev–Trinajstić information content (AvgIpc) is 3.09. The minimum absolute atomic E-state index is 0.00259. The number of aromatic nitrogens is 1. The molecule has 0 spiro atoms. The summed E-state index contributed by atoms with van der Waals surface area (Å²) in [6.07, 6.45) is 7.55. The lowest BCUT2D eigenvalue weighted by molar-refractivity contribution is -0.134. The maximum atomic E-state index is 12.9. The molecule has 2 aromatic rings. The molecule has 1 aliphatic heterocycles. The van der Waals surface area contributed by atoms with Crippen molar-refractivity contribution in [2.45, 2.75) is 31.7 Å². The largest absolute Gasteiger partial charge is 0.484 e. The molecule has 0 radical (unpaired) electrons. The van der Waals surface area contributed by atoms with E-state index in [4.69, 9.17) is 4.74 Å². The number of benzene rings is 1. The molecule has 24 heavy (non-hydrogen) atoms. The van der Waals surface area contributed by atoms with Gasteiger partial charge in [-0.1, -0.05) is 0 Å². The molecule has 0 N–H and O–H groups in total. The molecule has 1 atom stereocenters. The van der Waals surface area contributed by atoms with Crippen molar-refractivity contribution < 1.29 is 13.9 Å². The molecule has 1 aliphatic rings. The van der Waals surface area contributed by atoms with Gasteiger partial charge in [0.15, 0.2) is 6.61 Å². The molecule has 0 aliphatic carbocycles. The maximum absolute atomic E-state index is 12.9. The summed E-state index contributed by atoms with van der Waals surface area (Å²) in [7, 11) is 0. The molecule has 3 rings (SSSR count). The SMILES string of the molecule is O=C(COc1ccc(F)cc1)N1CCCC1CCc1ccncc1. The van der Waals surface area contributed by atoms with Crippen LogP contribution in [-0.4, -0.2) is 35.0 Å². The Morgan fingerprint density at radius 3 is 2.71 bits per heavy atom. The summed E-state index contributed by atoms with van der Waals surface area (Å²) in [6.45, 7) is 0.782. The van der Waals surface area contributed by atoms with Gasteiger partial charge in [0.1, 0.15) is 11.6 Å². The molecule has 1 saturated heterocycles. The predicted molar refractivity (Wildman–Crippen MR) is 89.2 cm³/mol. The highest BCUT2D eigenvalue weighted by Gasteiger charge is 2.28. The van der Waals surface area contributed by atoms with Crippen molar-refractivity contribution >= 4 is 5.91 Å². The third-order valence-corrected chi connectivity index (χ3v) is 4.39. The summed E-state index contributed by atoms with van der Waals surface area (Å²) in [5, 5.41) is 0. The number of amides is 1. The molecular weight excluding hydrogens is 307 g/mol. The van der Waals surface area contributed by atoms with Gasteiger partial charge in [-0.3, -0.25) is 9.78 Å². The number of halogens is 1. The van der Waals surface area contributed by atoms with Crippen molar-refractivity contribution in [2.24, 2.45) is 0 Å². The number of aryl methyl sites for hydroxylation is 1. The quantitative estimate of drug-likeness (QED) is 0.818. The van der Waals surface area contributed by atoms with Crippen molar-refractivity contribution in [3.8, 4) is 5.75 Å². The summed E-state index contributed by atoms with van der Waals surface area (Å²) in [4.78, 5) is 18.4. The minimum Gasteiger partial charge on any atom is -0.484 e. The van der Waals surface area contributed by atoms with Gasteiger partial charge in [0.05, 0.1) is 0 Å². The summed E-state index contributed by atoms with van der Waals surface area (Å²) >= 11 is 0. The molecular formula is C19H21FN2O2. The molecule has 1 unspecified atom stereocenters. The summed E-state index contributed by atoms with van der Waals surface area (Å²) in [6, 6.07) is 10.0. The van der Waals surface area contributed by atoms with Crippen molar-refractivity contribution in [1.82, 2.24) is 9.88 Å². The Labute approximate surface area is 141 Å². The third-order valence-electron chi connectivity index (χ3n) is 4.39. The fraction of sp³-hybridized carbons (Fsp3) is 0.368. The lowest BCUT2D eigenvalue weighted by Crippen LogP contribution is -2.38. The van der Waals surface area contributed by atoms with Crippen molar-refractivity contribution in [2.75, 3.05) is 13.2 Å². The van der Waals surface area contributed by atoms with E-state index in [-0.39, 0.29) is 24.4 Å². The van der Waals surface area contributed by atoms with Crippen LogP contribution in [0.5, 0.6) is 5.75 Å². The Bertz CT molecular complexity index is 661. The van der Waals surface area contributed by atoms with E-state index in [1.165, 1.54) is 29.8 Å². The van der Waals surface area contributed by atoms with Crippen LogP contribution >= 0.6 is 0 Å². The number of rotatable bonds is 6. The number of ether oxygens (including phenoxy) is 1. The van der Waals surface area contributed by atoms with Crippen LogP contribution < -0.4 is 4.74 Å². The molecule has 1 aromatic carbocycles. The molecule has 0 bridgehead atoms. The number of hydrogen-bond acceptors (Lipinski definition) is 3. The standard InChI is InChI=1S/C19H21FN2O2/c20-16-4-7-18(8-5-16)24-14-19(23)22-13-1-2-17(22)6-3-15-9-11-21-12-10-15/h4-5,7-12,17H,1-3,6,13-14H2. The van der Waals surface area contributed by atoms with Crippen LogP contribution in [0.3, 0.4) is 0 Å². The van der Waals surface area contributed by atoms with E-state index >= 15 is 0 Å². The Morgan fingerprint density at radius 2 is 1.96 bits per heavy atom. The Balaban J connectivity index is 1.50. The van der Waals surface area contributed by atoms with Gasteiger partial charge in [-0.2, -0.15) is 0 Å². The van der Waals surface area contributed by atoms with Gasteiger partial charge in [-0.15, -0.1) is 0 Å². The van der Waals surface area contributed by atoms with E-state index in [0.717, 1.165) is 32.2 Å². The van der Waals surface area contributed by atoms with Crippen LogP contribution in [0, 0.1) is 5.82 Å². The van der Waals surface area contributed by atoms with E-state index in [1.54, 1.807) is 12.4 Å². The van der Waals surface area contributed by atoms with Gasteiger partial charge < -0.3 is 9.64 Å². The van der Waals surface area contributed by atoms with Crippen LogP contribution in [0.4, 0.5) is 4.39 Å². The summed E-state index contributed by atoms with van der Waals surface area (Å²) in [5.41, 5.74) is 1.24. The maximum Gasteiger partial charge on any atom is 0.260 e. The van der Waals surface area contributed by atoms with E-state index in [0.29, 0.717) is 5.75 Å². The smallest absolute Gasteiger partial charge is 0.260 e. The molecule has 4 nitrogen and oxygen atoms in total. The van der Waals surface area contributed by atoms with Crippen LogP contribution in [0.15, 0.2) is 48.8 Å². The highest BCUT2D eigenvalue weighted by Crippen LogP contribution is 2.22. The second-order valence-corrected chi connectivity index (χ2v) is 6.02. The minimum atomic E-state index is -0.315. The summed E-state index contributed by atoms with van der Waals surface area (Å²) < 4.78 is 18.4. The molecule has 126 valence electrons. The number of nitrogens with zero attached hydrogens (tertiary/aromatic N) is 2. The molecule has 1 amide bonds. The zero-order chi connectivity index (χ0) is 16.8. The second kappa shape index (κ2) is 7.90. The van der Waals surface area contributed by atoms with E-state index in [9.17, 15) is 9.18 Å². The van der Waals surface area contributed by atoms with Crippen LogP contribution in [0.25, 0.3) is 0 Å². The number of pyridine rings is 1. The van der Waals surface area contributed by atoms with Crippen LogP contribution in [-0.2, 0) is 11.2 Å². The number of carbonyl (C=O) groups excluding carboxylic acids is 1. The third kappa shape index (κ3) is 4.31. The Morgan fingerprint density at radius 1 is 1.21 bits per heavy atom. The van der Waals surface area contributed by atoms with Gasteiger partial charge in [-0.25, -0.2) is 4.39 Å². The number of carbonyl (C=O) groups is 1. The van der Waals surface area contributed by atoms with Gasteiger partial charge in [-0.05, 0) is 67.6 Å². The first-order valence-corrected chi connectivity index (χ1v) is 8.29. The fourth-order valence-electron chi connectivity index (χ4n) is 3.11. The first-order valence-electron chi connectivity index (χ1n) is 8.29. The van der Waals surface area contributed by atoms with Crippen molar-refractivity contribution in [1.29, 1.82) is 0 Å². The first-order chi connectivity index (χ1) is 11.7. The Kier molecular flexibility index (Phi) is 5.41. The zero-order valence-electron chi connectivity index (χ0n) is 13.5. The molecule has 1 aromatic heterocycles. The van der Waals surface area contributed by atoms with E-state index in [2.05, 4.69) is 4.98 Å². The van der Waals surface area contributed by atoms with Crippen molar-refractivity contribution in [3.63, 3.8) is 0 Å². The highest BCUT2D eigenvalue weighted by atomic mass is 19.1. The highest BCUT2D eigenvalue weighted by molar-refractivity contribution is 5.78. The lowest BCUT2D eigenvalue weighted by Gasteiger charge is -2.24. The summed E-state index contributed by atoms with van der Waals surface area (Å²) in [5.74, 6) is 0.193. The Hall–Kier alpha value is -2.43. The van der Waals surface area contributed by atoms with E-state index < -0.39 is 0 Å². The molecule has 1 fully saturated rings. The van der Waals surface area contributed by atoms with Gasteiger partial charge in [0.2, 0.25) is 0 Å². The number of likely N-dealkylation sites (tertiary alicyclic amines) is 1. The predicted octanol–water partition coefficient (Wildman–Crippen LogP) is 3.22. The van der Waals surface area contributed by atoms with Crippen LogP contribution in [0.2, 0.25) is 0 Å². The fourth-order valence-corrected chi connectivity index (χ4v) is 3.11. The topological polar surface area (TPSA) is 42.4 Å². The molecule has 5 heteroatoms. The van der Waals surface area contributed by atoms with Gasteiger partial charge in [0, 0.05) is 25.0 Å². The molecule has 0 saturated carbocycles. The monoisotopic (exact) mass is 328 g/mol. The van der Waals surface area contributed by atoms with Gasteiger partial charge >= 0.3 is 0 Å².